The van der Waals surface area contributed by atoms with E-state index in [0.29, 0.717) is 3.93 Å². The third-order valence-corrected chi connectivity index (χ3v) is 3.43. The fraction of sp³-hybridized carbons (Fsp3) is 0.167. The van der Waals surface area contributed by atoms with Gasteiger partial charge >= 0.3 is 17.8 Å². The Balaban J connectivity index is 2.62. The molecule has 0 radical (unpaired) electrons. The molecule has 1 unspecified atom stereocenters. The van der Waals surface area contributed by atoms with Crippen molar-refractivity contribution in [1.82, 2.24) is 13.2 Å². The second-order valence-electron chi connectivity index (χ2n) is 2.82. The summed E-state index contributed by atoms with van der Waals surface area (Å²) in [4.78, 5) is 40.7. The van der Waals surface area contributed by atoms with Crippen LogP contribution in [0.3, 0.4) is 0 Å². The topological polar surface area (TPSA) is 86.4 Å². The van der Waals surface area contributed by atoms with E-state index in [1.54, 1.807) is 0 Å². The summed E-state index contributed by atoms with van der Waals surface area (Å²) >= 11 is 5.53. The number of imide groups is 1. The van der Waals surface area contributed by atoms with Crippen LogP contribution in [0.4, 0.5) is 9.59 Å². The molecule has 1 atom stereocenters. The lowest BCUT2D eigenvalue weighted by Crippen LogP contribution is -2.66. The van der Waals surface area contributed by atoms with Gasteiger partial charge in [-0.2, -0.15) is 12.8 Å². The zero-order valence-electron chi connectivity index (χ0n) is 7.27. The number of hydrogen-bond donors (Lipinski definition) is 1. The first kappa shape index (κ1) is 11.0. The van der Waals surface area contributed by atoms with Gasteiger partial charge in [0.15, 0.2) is 0 Å². The highest BCUT2D eigenvalue weighted by Gasteiger charge is 2.65. The van der Waals surface area contributed by atoms with Crippen molar-refractivity contribution in [3.63, 3.8) is 0 Å². The quantitative estimate of drug-likeness (QED) is 0.513. The van der Waals surface area contributed by atoms with Crippen molar-refractivity contribution in [3.8, 4) is 0 Å². The van der Waals surface area contributed by atoms with E-state index in [4.69, 9.17) is 6.57 Å². The molecule has 5 amide bonds. The third-order valence-electron chi connectivity index (χ3n) is 1.99. The van der Waals surface area contributed by atoms with Crippen LogP contribution in [0.2, 0.25) is 0 Å². The van der Waals surface area contributed by atoms with Crippen molar-refractivity contribution >= 4 is 56.0 Å². The average Bonchev–Trinajstić information content (AvgIpc) is 2.62. The highest BCUT2D eigenvalue weighted by Crippen LogP contribution is 2.32. The highest BCUT2D eigenvalue weighted by molar-refractivity contribution is 9.08. The van der Waals surface area contributed by atoms with Crippen LogP contribution in [-0.2, 0) is 4.79 Å². The Morgan fingerprint density at radius 2 is 2.00 bits per heavy atom. The minimum atomic E-state index is -1.89. The first-order valence-electron chi connectivity index (χ1n) is 3.74. The van der Waals surface area contributed by atoms with Gasteiger partial charge in [0.2, 0.25) is 5.71 Å². The molecule has 16 heavy (non-hydrogen) atoms. The SMILES string of the molecule is [C-]#[N+]C12NC(=O)N=C1C(=O)N(Br)C(=O)N2Br. The molecule has 0 aliphatic carbocycles. The van der Waals surface area contributed by atoms with Crippen LogP contribution < -0.4 is 5.32 Å². The lowest BCUT2D eigenvalue weighted by molar-refractivity contribution is -0.118. The summed E-state index contributed by atoms with van der Waals surface area (Å²) in [7, 11) is 0. The zero-order valence-corrected chi connectivity index (χ0v) is 10.4. The molecule has 2 rings (SSSR count). The van der Waals surface area contributed by atoms with Crippen LogP contribution in [0, 0.1) is 6.57 Å². The summed E-state index contributed by atoms with van der Waals surface area (Å²) in [6.45, 7) is 7.00. The number of rotatable bonds is 0. The van der Waals surface area contributed by atoms with Crippen LogP contribution in [0.5, 0.6) is 0 Å². The van der Waals surface area contributed by atoms with Gasteiger partial charge in [0.1, 0.15) is 0 Å². The van der Waals surface area contributed by atoms with Crippen molar-refractivity contribution in [2.45, 2.75) is 5.79 Å². The van der Waals surface area contributed by atoms with E-state index in [-0.39, 0.29) is 5.71 Å². The third kappa shape index (κ3) is 1.12. The van der Waals surface area contributed by atoms with Crippen LogP contribution in [0.1, 0.15) is 0 Å². The molecule has 0 aromatic heterocycles. The van der Waals surface area contributed by atoms with Gasteiger partial charge in [-0.15, -0.1) is 0 Å². The number of hydrogen-bond acceptors (Lipinski definition) is 3. The maximum atomic E-state index is 11.6. The van der Waals surface area contributed by atoms with E-state index in [1.165, 1.54) is 0 Å². The molecule has 8 nitrogen and oxygen atoms in total. The van der Waals surface area contributed by atoms with E-state index in [9.17, 15) is 14.4 Å². The van der Waals surface area contributed by atoms with Crippen LogP contribution in [-0.4, -0.2) is 37.3 Å². The number of halogens is 2. The molecule has 10 heteroatoms. The Labute approximate surface area is 106 Å². The standard InChI is InChI=1S/C6HBr2N5O3/c1-9-6-2(10-4(15)11-6)3(14)12(7)5(16)13(6)8/h(H,11,15). The molecule has 1 saturated heterocycles. The second kappa shape index (κ2) is 3.26. The summed E-state index contributed by atoms with van der Waals surface area (Å²) in [5, 5.41) is 2.14. The average molecular weight is 351 g/mol. The summed E-state index contributed by atoms with van der Waals surface area (Å²) in [5.74, 6) is -2.75. The van der Waals surface area contributed by atoms with Crippen LogP contribution in [0.15, 0.2) is 4.99 Å². The molecule has 0 saturated carbocycles. The maximum Gasteiger partial charge on any atom is 0.455 e. The van der Waals surface area contributed by atoms with Gasteiger partial charge < -0.3 is 0 Å². The molecule has 1 fully saturated rings. The first-order valence-corrected chi connectivity index (χ1v) is 5.16. The summed E-state index contributed by atoms with van der Waals surface area (Å²) in [5.41, 5.74) is -0.360. The predicted octanol–water partition coefficient (Wildman–Crippen LogP) is 0.608. The predicted molar refractivity (Wildman–Crippen MR) is 57.2 cm³/mol. The smallest absolute Gasteiger partial charge is 0.266 e. The number of carbonyl (C=O) groups is 3. The normalized spacial score (nSPS) is 28.6. The fourth-order valence-electron chi connectivity index (χ4n) is 1.27. The van der Waals surface area contributed by atoms with E-state index in [1.807, 2.05) is 0 Å². The maximum absolute atomic E-state index is 11.6. The van der Waals surface area contributed by atoms with Gasteiger partial charge in [-0.05, 0) is 0 Å². The van der Waals surface area contributed by atoms with Gasteiger partial charge in [0.25, 0.3) is 5.91 Å². The van der Waals surface area contributed by atoms with Crippen molar-refractivity contribution in [3.05, 3.63) is 11.4 Å². The molecule has 2 aliphatic rings. The summed E-state index contributed by atoms with van der Waals surface area (Å²) in [6, 6.07) is -1.68. The lowest BCUT2D eigenvalue weighted by atomic mass is 10.1. The number of aliphatic imine (C=N–C) groups is 1. The molecule has 1 N–H and O–H groups in total. The van der Waals surface area contributed by atoms with Gasteiger partial charge in [-0.3, -0.25) is 9.64 Å². The first-order chi connectivity index (χ1) is 7.44. The second-order valence-corrected chi connectivity index (χ2v) is 4.24. The Morgan fingerprint density at radius 3 is 2.56 bits per heavy atom. The monoisotopic (exact) mass is 349 g/mol. The largest absolute Gasteiger partial charge is 0.455 e. The Bertz CT molecular complexity index is 497. The molecule has 2 heterocycles. The van der Waals surface area contributed by atoms with Crippen molar-refractivity contribution in [2.24, 2.45) is 4.99 Å². The minimum absolute atomic E-state index is 0.360. The fourth-order valence-corrected chi connectivity index (χ4v) is 2.31. The number of carbonyl (C=O) groups excluding carboxylic acids is 3. The molecule has 82 valence electrons. The lowest BCUT2D eigenvalue weighted by Gasteiger charge is -2.31. The molecule has 2 aliphatic heterocycles. The molecule has 0 aromatic carbocycles. The Hall–Kier alpha value is -1.47. The molecule has 0 spiro atoms. The summed E-state index contributed by atoms with van der Waals surface area (Å²) in [6.07, 6.45) is 0. The number of amides is 5. The molecule has 0 aromatic rings. The molecular weight excluding hydrogens is 350 g/mol. The van der Waals surface area contributed by atoms with E-state index in [0.717, 1.165) is 3.93 Å². The Morgan fingerprint density at radius 1 is 1.38 bits per heavy atom. The Kier molecular flexibility index (Phi) is 2.25. The summed E-state index contributed by atoms with van der Waals surface area (Å²) < 4.78 is 1.32. The van der Waals surface area contributed by atoms with Crippen molar-refractivity contribution in [2.75, 3.05) is 0 Å². The van der Waals surface area contributed by atoms with E-state index >= 15 is 0 Å². The van der Waals surface area contributed by atoms with Crippen LogP contribution in [0.25, 0.3) is 4.85 Å². The van der Waals surface area contributed by atoms with Gasteiger partial charge in [-0.1, -0.05) is 0 Å². The minimum Gasteiger partial charge on any atom is -0.266 e. The van der Waals surface area contributed by atoms with Gasteiger partial charge in [0.05, 0.1) is 32.3 Å². The van der Waals surface area contributed by atoms with E-state index < -0.39 is 23.8 Å². The van der Waals surface area contributed by atoms with Crippen LogP contribution >= 0.6 is 32.3 Å². The van der Waals surface area contributed by atoms with Crippen molar-refractivity contribution < 1.29 is 14.4 Å². The zero-order chi connectivity index (χ0) is 12.1. The van der Waals surface area contributed by atoms with Gasteiger partial charge in [-0.25, -0.2) is 21.5 Å². The number of fused-ring (bicyclic) bond motifs is 1. The number of nitrogens with zero attached hydrogens (tertiary/aromatic N) is 4. The van der Waals surface area contributed by atoms with E-state index in [2.05, 4.69) is 47.4 Å². The molecule has 0 bridgehead atoms. The van der Waals surface area contributed by atoms with Crippen molar-refractivity contribution in [1.29, 1.82) is 0 Å². The van der Waals surface area contributed by atoms with Gasteiger partial charge in [0, 0.05) is 0 Å². The number of nitrogens with one attached hydrogen (secondary N) is 1. The molecular formula is C6HBr2N5O3. The number of urea groups is 2. The highest BCUT2D eigenvalue weighted by atomic mass is 79.9.